The fourth-order valence-corrected chi connectivity index (χ4v) is 3.60. The number of aryl methyl sites for hydroxylation is 2. The molecule has 1 aromatic heterocycles. The summed E-state index contributed by atoms with van der Waals surface area (Å²) >= 11 is 0. The first kappa shape index (κ1) is 18.8. The second-order valence-corrected chi connectivity index (χ2v) is 8.24. The van der Waals surface area contributed by atoms with Gasteiger partial charge in [-0.3, -0.25) is 14.5 Å². The predicted molar refractivity (Wildman–Crippen MR) is 108 cm³/mol. The van der Waals surface area contributed by atoms with E-state index < -0.39 is 10.0 Å². The Morgan fingerprint density at radius 2 is 1.63 bits per heavy atom. The molecule has 2 N–H and O–H groups in total. The normalized spacial score (nSPS) is 11.4. The zero-order chi connectivity index (χ0) is 19.6. The van der Waals surface area contributed by atoms with E-state index in [9.17, 15) is 13.2 Å². The summed E-state index contributed by atoms with van der Waals surface area (Å²) in [7, 11) is -3.33. The van der Waals surface area contributed by atoms with E-state index in [2.05, 4.69) is 15.0 Å². The van der Waals surface area contributed by atoms with Gasteiger partial charge in [0, 0.05) is 22.5 Å². The van der Waals surface area contributed by atoms with Crippen LogP contribution in [0, 0.1) is 13.8 Å². The molecular formula is C20H21N3O3S. The summed E-state index contributed by atoms with van der Waals surface area (Å²) in [6.45, 7) is 3.92. The molecule has 0 spiro atoms. The summed E-state index contributed by atoms with van der Waals surface area (Å²) in [6.07, 6.45) is 1.31. The lowest BCUT2D eigenvalue weighted by molar-refractivity contribution is -0.115. The van der Waals surface area contributed by atoms with Crippen LogP contribution in [0.5, 0.6) is 0 Å². The smallest absolute Gasteiger partial charge is 0.229 e. The van der Waals surface area contributed by atoms with Gasteiger partial charge < -0.3 is 5.32 Å². The zero-order valence-corrected chi connectivity index (χ0v) is 16.2. The van der Waals surface area contributed by atoms with Crippen molar-refractivity contribution in [2.75, 3.05) is 16.3 Å². The third kappa shape index (κ3) is 4.62. The maximum atomic E-state index is 12.5. The number of rotatable bonds is 5. The number of sulfonamides is 1. The van der Waals surface area contributed by atoms with Crippen LogP contribution in [0.4, 0.5) is 11.4 Å². The van der Waals surface area contributed by atoms with E-state index in [1.165, 1.54) is 0 Å². The van der Waals surface area contributed by atoms with Crippen LogP contribution in [0.3, 0.4) is 0 Å². The number of pyridine rings is 1. The summed E-state index contributed by atoms with van der Waals surface area (Å²) in [5.41, 5.74) is 4.78. The number of hydrogen-bond donors (Lipinski definition) is 2. The monoisotopic (exact) mass is 383 g/mol. The van der Waals surface area contributed by atoms with E-state index in [0.29, 0.717) is 11.4 Å². The minimum absolute atomic E-state index is 0.151. The van der Waals surface area contributed by atoms with Crippen LogP contribution in [0.25, 0.3) is 10.9 Å². The number of para-hydroxylation sites is 1. The number of fused-ring (bicyclic) bond motifs is 1. The summed E-state index contributed by atoms with van der Waals surface area (Å²) < 4.78 is 24.9. The highest BCUT2D eigenvalue weighted by atomic mass is 32.2. The van der Waals surface area contributed by atoms with Gasteiger partial charge in [0.2, 0.25) is 15.9 Å². The first-order chi connectivity index (χ1) is 12.7. The second-order valence-electron chi connectivity index (χ2n) is 6.49. The third-order valence-electron chi connectivity index (χ3n) is 4.29. The Hall–Kier alpha value is -2.93. The van der Waals surface area contributed by atoms with Crippen molar-refractivity contribution in [2.24, 2.45) is 0 Å². The van der Waals surface area contributed by atoms with Crippen LogP contribution >= 0.6 is 0 Å². The molecule has 1 heterocycles. The number of amides is 1. The zero-order valence-electron chi connectivity index (χ0n) is 15.4. The predicted octanol–water partition coefficient (Wildman–Crippen LogP) is 3.40. The number of benzene rings is 2. The van der Waals surface area contributed by atoms with Crippen molar-refractivity contribution in [3.63, 3.8) is 0 Å². The molecule has 7 heteroatoms. The van der Waals surface area contributed by atoms with Gasteiger partial charge in [-0.25, -0.2) is 8.42 Å². The molecule has 0 aliphatic heterocycles. The van der Waals surface area contributed by atoms with Crippen molar-refractivity contribution in [1.29, 1.82) is 0 Å². The highest BCUT2D eigenvalue weighted by molar-refractivity contribution is 7.92. The van der Waals surface area contributed by atoms with Crippen LogP contribution in [-0.4, -0.2) is 25.6 Å². The number of anilines is 2. The summed E-state index contributed by atoms with van der Waals surface area (Å²) in [4.78, 5) is 17.1. The number of nitrogens with zero attached hydrogens (tertiary/aromatic N) is 1. The molecule has 0 bridgehead atoms. The van der Waals surface area contributed by atoms with Gasteiger partial charge >= 0.3 is 0 Å². The number of aromatic nitrogens is 1. The van der Waals surface area contributed by atoms with E-state index in [1.54, 1.807) is 24.3 Å². The fourth-order valence-electron chi connectivity index (χ4n) is 3.03. The maximum Gasteiger partial charge on any atom is 0.229 e. The molecule has 3 aromatic rings. The molecule has 0 fully saturated rings. The number of nitrogens with one attached hydrogen (secondary N) is 2. The topological polar surface area (TPSA) is 88.2 Å². The van der Waals surface area contributed by atoms with Gasteiger partial charge in [-0.2, -0.15) is 0 Å². The van der Waals surface area contributed by atoms with Crippen molar-refractivity contribution in [2.45, 2.75) is 20.3 Å². The fraction of sp³-hybridized carbons (Fsp3) is 0.200. The Bertz CT molecular complexity index is 1110. The summed E-state index contributed by atoms with van der Waals surface area (Å²) in [5, 5.41) is 3.88. The molecular weight excluding hydrogens is 362 g/mol. The summed E-state index contributed by atoms with van der Waals surface area (Å²) in [5.74, 6) is -0.151. The Morgan fingerprint density at radius 1 is 1.00 bits per heavy atom. The number of carbonyl (C=O) groups is 1. The van der Waals surface area contributed by atoms with Gasteiger partial charge in [0.1, 0.15) is 0 Å². The largest absolute Gasteiger partial charge is 0.326 e. The summed E-state index contributed by atoms with van der Waals surface area (Å²) in [6, 6.07) is 14.4. The minimum atomic E-state index is -3.33. The lowest BCUT2D eigenvalue weighted by atomic mass is 9.99. The molecule has 0 aliphatic rings. The Balaban J connectivity index is 1.75. The average Bonchev–Trinajstić information content (AvgIpc) is 2.59. The van der Waals surface area contributed by atoms with Crippen molar-refractivity contribution >= 4 is 38.2 Å². The van der Waals surface area contributed by atoms with Crippen LogP contribution in [0.2, 0.25) is 0 Å². The van der Waals surface area contributed by atoms with Gasteiger partial charge in [0.15, 0.2) is 0 Å². The van der Waals surface area contributed by atoms with E-state index in [1.807, 2.05) is 38.1 Å². The average molecular weight is 383 g/mol. The molecule has 3 rings (SSSR count). The molecule has 140 valence electrons. The van der Waals surface area contributed by atoms with Crippen LogP contribution < -0.4 is 10.0 Å². The Morgan fingerprint density at radius 3 is 2.30 bits per heavy atom. The molecule has 27 heavy (non-hydrogen) atoms. The molecule has 0 aliphatic carbocycles. The third-order valence-corrected chi connectivity index (χ3v) is 4.90. The quantitative estimate of drug-likeness (QED) is 0.707. The van der Waals surface area contributed by atoms with Gasteiger partial charge in [0.25, 0.3) is 0 Å². The molecule has 6 nitrogen and oxygen atoms in total. The van der Waals surface area contributed by atoms with Crippen LogP contribution in [0.15, 0.2) is 48.5 Å². The highest BCUT2D eigenvalue weighted by Gasteiger charge is 2.13. The van der Waals surface area contributed by atoms with Gasteiger partial charge in [-0.05, 0) is 55.3 Å². The van der Waals surface area contributed by atoms with E-state index in [4.69, 9.17) is 0 Å². The van der Waals surface area contributed by atoms with Crippen molar-refractivity contribution in [3.05, 3.63) is 65.4 Å². The highest BCUT2D eigenvalue weighted by Crippen LogP contribution is 2.23. The first-order valence-corrected chi connectivity index (χ1v) is 10.3. The van der Waals surface area contributed by atoms with Crippen molar-refractivity contribution in [3.8, 4) is 0 Å². The van der Waals surface area contributed by atoms with Crippen LogP contribution in [0.1, 0.15) is 16.8 Å². The molecule has 0 saturated heterocycles. The maximum absolute atomic E-state index is 12.5. The minimum Gasteiger partial charge on any atom is -0.326 e. The van der Waals surface area contributed by atoms with Gasteiger partial charge in [-0.15, -0.1) is 0 Å². The van der Waals surface area contributed by atoms with Crippen molar-refractivity contribution < 1.29 is 13.2 Å². The van der Waals surface area contributed by atoms with Gasteiger partial charge in [0.05, 0.1) is 18.2 Å². The first-order valence-electron chi connectivity index (χ1n) is 8.45. The van der Waals surface area contributed by atoms with E-state index in [0.717, 1.165) is 34.0 Å². The Kier molecular flexibility index (Phi) is 5.14. The van der Waals surface area contributed by atoms with E-state index >= 15 is 0 Å². The molecule has 0 unspecified atom stereocenters. The number of hydrogen-bond acceptors (Lipinski definition) is 4. The number of carbonyl (C=O) groups excluding carboxylic acids is 1. The molecule has 2 aromatic carbocycles. The van der Waals surface area contributed by atoms with Crippen LogP contribution in [-0.2, 0) is 21.2 Å². The Labute approximate surface area is 158 Å². The molecule has 0 atom stereocenters. The SMILES string of the molecule is Cc1nc2ccccc2c(C)c1CC(=O)Nc1ccc(NS(C)(=O)=O)cc1. The second kappa shape index (κ2) is 7.36. The molecule has 1 amide bonds. The van der Waals surface area contributed by atoms with Gasteiger partial charge in [-0.1, -0.05) is 18.2 Å². The van der Waals surface area contributed by atoms with Crippen molar-refractivity contribution in [1.82, 2.24) is 4.98 Å². The lowest BCUT2D eigenvalue weighted by Gasteiger charge is -2.13. The molecule has 0 radical (unpaired) electrons. The lowest BCUT2D eigenvalue weighted by Crippen LogP contribution is -2.16. The van der Waals surface area contributed by atoms with E-state index in [-0.39, 0.29) is 12.3 Å². The molecule has 0 saturated carbocycles. The standard InChI is InChI=1S/C20H21N3O3S/c1-13-17-6-4-5-7-19(17)21-14(2)18(13)12-20(24)22-15-8-10-16(11-9-15)23-27(3,25)26/h4-11,23H,12H2,1-3H3,(H,22,24).